The van der Waals surface area contributed by atoms with Crippen molar-refractivity contribution in [1.82, 2.24) is 5.32 Å². The molecule has 5 heteroatoms. The van der Waals surface area contributed by atoms with Gasteiger partial charge in [0.15, 0.2) is 0 Å². The second-order valence-electron chi connectivity index (χ2n) is 6.69. The first kappa shape index (κ1) is 21.0. The number of carbonyl (C=O) groups is 2. The Balaban J connectivity index is 1.89. The number of benzene rings is 2. The van der Waals surface area contributed by atoms with Crippen LogP contribution in [0.3, 0.4) is 0 Å². The summed E-state index contributed by atoms with van der Waals surface area (Å²) in [7, 11) is 0. The van der Waals surface area contributed by atoms with E-state index >= 15 is 0 Å². The van der Waals surface area contributed by atoms with Gasteiger partial charge >= 0.3 is 0 Å². The van der Waals surface area contributed by atoms with Crippen LogP contribution in [0.15, 0.2) is 42.5 Å². The van der Waals surface area contributed by atoms with E-state index in [1.54, 1.807) is 30.0 Å². The second-order valence-corrected chi connectivity index (χ2v) is 7.68. The Kier molecular flexibility index (Phi) is 8.40. The van der Waals surface area contributed by atoms with E-state index < -0.39 is 0 Å². The van der Waals surface area contributed by atoms with Crippen molar-refractivity contribution in [2.24, 2.45) is 0 Å². The van der Waals surface area contributed by atoms with Crippen LogP contribution in [0, 0.1) is 13.8 Å². The highest BCUT2D eigenvalue weighted by atomic mass is 32.2. The lowest BCUT2D eigenvalue weighted by molar-refractivity contribution is -0.113. The molecule has 0 saturated carbocycles. The molecule has 0 fully saturated rings. The Morgan fingerprint density at radius 3 is 2.44 bits per heavy atom. The highest BCUT2D eigenvalue weighted by Crippen LogP contribution is 2.18. The Hall–Kier alpha value is -2.27. The van der Waals surface area contributed by atoms with Crippen LogP contribution in [-0.4, -0.2) is 24.1 Å². The van der Waals surface area contributed by atoms with Crippen LogP contribution in [-0.2, 0) is 10.5 Å². The van der Waals surface area contributed by atoms with Crippen molar-refractivity contribution < 1.29 is 9.59 Å². The lowest BCUT2D eigenvalue weighted by atomic mass is 10.1. The molecule has 27 heavy (non-hydrogen) atoms. The zero-order valence-electron chi connectivity index (χ0n) is 16.3. The van der Waals surface area contributed by atoms with Crippen molar-refractivity contribution in [2.45, 2.75) is 39.4 Å². The first-order chi connectivity index (χ1) is 13.0. The van der Waals surface area contributed by atoms with Crippen LogP contribution in [0.2, 0.25) is 0 Å². The number of hydrogen-bond acceptors (Lipinski definition) is 3. The Labute approximate surface area is 166 Å². The molecule has 0 aromatic heterocycles. The van der Waals surface area contributed by atoms with Gasteiger partial charge in [0.05, 0.1) is 17.0 Å². The molecule has 2 aromatic rings. The highest BCUT2D eigenvalue weighted by molar-refractivity contribution is 7.99. The molecule has 4 nitrogen and oxygen atoms in total. The molecule has 2 N–H and O–H groups in total. The molecule has 0 radical (unpaired) electrons. The number of amides is 2. The van der Waals surface area contributed by atoms with Gasteiger partial charge in [0.2, 0.25) is 5.91 Å². The monoisotopic (exact) mass is 384 g/mol. The van der Waals surface area contributed by atoms with E-state index in [-0.39, 0.29) is 11.8 Å². The van der Waals surface area contributed by atoms with E-state index in [0.717, 1.165) is 18.6 Å². The number of aryl methyl sites for hydroxylation is 2. The van der Waals surface area contributed by atoms with Crippen LogP contribution in [0.4, 0.5) is 5.69 Å². The minimum absolute atomic E-state index is 0.0989. The number of nitrogens with one attached hydrogen (secondary N) is 2. The van der Waals surface area contributed by atoms with Crippen molar-refractivity contribution in [3.05, 3.63) is 64.7 Å². The van der Waals surface area contributed by atoms with Crippen molar-refractivity contribution >= 4 is 29.3 Å². The molecule has 0 aliphatic heterocycles. The molecule has 0 unspecified atom stereocenters. The van der Waals surface area contributed by atoms with Gasteiger partial charge in [-0.2, -0.15) is 0 Å². The Morgan fingerprint density at radius 2 is 1.74 bits per heavy atom. The standard InChI is InChI=1S/C22H28N2O2S/c1-4-5-10-23-22(26)19-8-6-7-9-20(19)24-21(25)15-27-14-18-12-16(2)11-17(3)13-18/h6-9,11-13H,4-5,10,14-15H2,1-3H3,(H,23,26)(H,24,25). The van der Waals surface area contributed by atoms with Gasteiger partial charge in [-0.25, -0.2) is 0 Å². The third-order valence-corrected chi connectivity index (χ3v) is 5.05. The molecule has 2 aromatic carbocycles. The quantitative estimate of drug-likeness (QED) is 0.616. The van der Waals surface area contributed by atoms with E-state index in [1.165, 1.54) is 16.7 Å². The molecule has 2 rings (SSSR count). The molecule has 0 aliphatic carbocycles. The first-order valence-corrected chi connectivity index (χ1v) is 10.5. The van der Waals surface area contributed by atoms with Gasteiger partial charge < -0.3 is 10.6 Å². The van der Waals surface area contributed by atoms with E-state index in [1.807, 2.05) is 6.07 Å². The number of unbranched alkanes of at least 4 members (excludes halogenated alkanes) is 1. The van der Waals surface area contributed by atoms with Crippen molar-refractivity contribution in [1.29, 1.82) is 0 Å². The fourth-order valence-corrected chi connectivity index (χ4v) is 3.63. The number of para-hydroxylation sites is 1. The Bertz CT molecular complexity index is 769. The Morgan fingerprint density at radius 1 is 1.04 bits per heavy atom. The summed E-state index contributed by atoms with van der Waals surface area (Å²) in [6, 6.07) is 13.6. The third-order valence-electron chi connectivity index (χ3n) is 4.05. The lowest BCUT2D eigenvalue weighted by Crippen LogP contribution is -2.26. The molecule has 0 bridgehead atoms. The zero-order valence-corrected chi connectivity index (χ0v) is 17.1. The van der Waals surface area contributed by atoms with Crippen molar-refractivity contribution in [3.8, 4) is 0 Å². The summed E-state index contributed by atoms with van der Waals surface area (Å²) >= 11 is 1.57. The van der Waals surface area contributed by atoms with Crippen LogP contribution >= 0.6 is 11.8 Å². The normalized spacial score (nSPS) is 10.5. The molecule has 0 heterocycles. The number of rotatable bonds is 9. The molecule has 2 amide bonds. The number of thioether (sulfide) groups is 1. The fourth-order valence-electron chi connectivity index (χ4n) is 2.86. The van der Waals surface area contributed by atoms with E-state index in [9.17, 15) is 9.59 Å². The van der Waals surface area contributed by atoms with Gasteiger partial charge in [-0.1, -0.05) is 54.8 Å². The summed E-state index contributed by atoms with van der Waals surface area (Å²) in [4.78, 5) is 24.6. The molecule has 144 valence electrons. The first-order valence-electron chi connectivity index (χ1n) is 9.31. The minimum Gasteiger partial charge on any atom is -0.352 e. The van der Waals surface area contributed by atoms with Crippen molar-refractivity contribution in [2.75, 3.05) is 17.6 Å². The summed E-state index contributed by atoms with van der Waals surface area (Å²) in [5, 5.41) is 5.76. The summed E-state index contributed by atoms with van der Waals surface area (Å²) in [6.45, 7) is 6.88. The third kappa shape index (κ3) is 7.10. The summed E-state index contributed by atoms with van der Waals surface area (Å²) in [5.74, 6) is 0.883. The second kappa shape index (κ2) is 10.8. The van der Waals surface area contributed by atoms with Crippen LogP contribution in [0.25, 0.3) is 0 Å². The van der Waals surface area contributed by atoms with Gasteiger partial charge in [-0.3, -0.25) is 9.59 Å². The van der Waals surface area contributed by atoms with Crippen LogP contribution in [0.5, 0.6) is 0 Å². The lowest BCUT2D eigenvalue weighted by Gasteiger charge is -2.11. The molecule has 0 aliphatic rings. The number of carbonyl (C=O) groups excluding carboxylic acids is 2. The van der Waals surface area contributed by atoms with Crippen LogP contribution < -0.4 is 10.6 Å². The topological polar surface area (TPSA) is 58.2 Å². The largest absolute Gasteiger partial charge is 0.352 e. The fraction of sp³-hybridized carbons (Fsp3) is 0.364. The molecule has 0 atom stereocenters. The predicted octanol–water partition coefficient (Wildman–Crippen LogP) is 4.71. The predicted molar refractivity (Wildman–Crippen MR) is 114 cm³/mol. The summed E-state index contributed by atoms with van der Waals surface area (Å²) in [5.41, 5.74) is 4.75. The van der Waals surface area contributed by atoms with E-state index in [4.69, 9.17) is 0 Å². The molecule has 0 spiro atoms. The SMILES string of the molecule is CCCCNC(=O)c1ccccc1NC(=O)CSCc1cc(C)cc(C)c1. The summed E-state index contributed by atoms with van der Waals surface area (Å²) in [6.07, 6.45) is 1.96. The van der Waals surface area contributed by atoms with Gasteiger partial charge in [-0.05, 0) is 38.0 Å². The maximum Gasteiger partial charge on any atom is 0.253 e. The van der Waals surface area contributed by atoms with Gasteiger partial charge in [0, 0.05) is 12.3 Å². The van der Waals surface area contributed by atoms with Gasteiger partial charge in [0.1, 0.15) is 0 Å². The van der Waals surface area contributed by atoms with E-state index in [0.29, 0.717) is 23.5 Å². The average molecular weight is 385 g/mol. The number of anilines is 1. The minimum atomic E-state index is -0.151. The maximum absolute atomic E-state index is 12.3. The molecular formula is C22H28N2O2S. The van der Waals surface area contributed by atoms with Gasteiger partial charge in [0.25, 0.3) is 5.91 Å². The molecule has 0 saturated heterocycles. The van der Waals surface area contributed by atoms with E-state index in [2.05, 4.69) is 49.6 Å². The molecular weight excluding hydrogens is 356 g/mol. The average Bonchev–Trinajstić information content (AvgIpc) is 2.61. The summed E-state index contributed by atoms with van der Waals surface area (Å²) < 4.78 is 0. The van der Waals surface area contributed by atoms with Gasteiger partial charge in [-0.15, -0.1) is 11.8 Å². The van der Waals surface area contributed by atoms with Crippen molar-refractivity contribution in [3.63, 3.8) is 0 Å². The van der Waals surface area contributed by atoms with Crippen LogP contribution in [0.1, 0.15) is 46.8 Å². The number of hydrogen-bond donors (Lipinski definition) is 2. The zero-order chi connectivity index (χ0) is 19.6. The maximum atomic E-state index is 12.3. The smallest absolute Gasteiger partial charge is 0.253 e. The highest BCUT2D eigenvalue weighted by Gasteiger charge is 2.12.